The second kappa shape index (κ2) is 4.27. The molecule has 3 nitrogen and oxygen atoms in total. The Morgan fingerprint density at radius 3 is 2.70 bits per heavy atom. The van der Waals surface area contributed by atoms with E-state index in [1.165, 1.54) is 12.1 Å². The fraction of sp³-hybridized carbons (Fsp3) is 0.375. The largest absolute Gasteiger partial charge is 0.468 e. The van der Waals surface area contributed by atoms with E-state index in [1.807, 2.05) is 19.4 Å². The van der Waals surface area contributed by atoms with Gasteiger partial charge in [0.2, 0.25) is 0 Å². The fourth-order valence-electron chi connectivity index (χ4n) is 2.70. The Bertz CT molecular complexity index is 681. The Morgan fingerprint density at radius 2 is 2.05 bits per heavy atom. The number of nitrogens with zero attached hydrogens (tertiary/aromatic N) is 1. The number of H-pyrrole nitrogens is 1. The van der Waals surface area contributed by atoms with Crippen LogP contribution in [0.2, 0.25) is 0 Å². The molecule has 2 heterocycles. The van der Waals surface area contributed by atoms with E-state index < -0.39 is 0 Å². The third-order valence-corrected chi connectivity index (χ3v) is 3.58. The molecule has 1 unspecified atom stereocenters. The van der Waals surface area contributed by atoms with Gasteiger partial charge in [0.15, 0.2) is 6.23 Å². The molecule has 0 bridgehead atoms. The lowest BCUT2D eigenvalue weighted by molar-refractivity contribution is -0.00785. The second-order valence-electron chi connectivity index (χ2n) is 6.39. The molecule has 106 valence electrons. The van der Waals surface area contributed by atoms with Crippen LogP contribution in [0.3, 0.4) is 0 Å². The Balaban J connectivity index is 2.01. The first-order valence-corrected chi connectivity index (χ1v) is 6.74. The summed E-state index contributed by atoms with van der Waals surface area (Å²) in [5.41, 5.74) is 1.82. The molecule has 0 aliphatic carbocycles. The van der Waals surface area contributed by atoms with Gasteiger partial charge in [0.1, 0.15) is 11.6 Å². The molecule has 0 amide bonds. The fourth-order valence-corrected chi connectivity index (χ4v) is 2.70. The van der Waals surface area contributed by atoms with Gasteiger partial charge in [-0.15, -0.1) is 0 Å². The highest BCUT2D eigenvalue weighted by Crippen LogP contribution is 2.37. The van der Waals surface area contributed by atoms with Gasteiger partial charge in [-0.3, -0.25) is 0 Å². The average Bonchev–Trinajstić information content (AvgIpc) is 2.91. The molecule has 0 fully saturated rings. The molecule has 1 aliphatic rings. The Morgan fingerprint density at radius 1 is 1.30 bits per heavy atom. The molecule has 0 saturated carbocycles. The minimum Gasteiger partial charge on any atom is -0.468 e. The van der Waals surface area contributed by atoms with E-state index in [1.54, 1.807) is 6.07 Å². The molecule has 3 rings (SSSR count). The molecule has 20 heavy (non-hydrogen) atoms. The molecular formula is C16H19FN2O. The predicted octanol–water partition coefficient (Wildman–Crippen LogP) is 3.94. The van der Waals surface area contributed by atoms with Crippen LogP contribution in [0.1, 0.15) is 26.3 Å². The lowest BCUT2D eigenvalue weighted by Gasteiger charge is -2.32. The summed E-state index contributed by atoms with van der Waals surface area (Å²) in [6.45, 7) is 6.42. The van der Waals surface area contributed by atoms with E-state index in [0.29, 0.717) is 0 Å². The van der Waals surface area contributed by atoms with Gasteiger partial charge < -0.3 is 14.6 Å². The Kier molecular flexibility index (Phi) is 2.78. The third-order valence-electron chi connectivity index (χ3n) is 3.58. The molecule has 1 N–H and O–H groups in total. The van der Waals surface area contributed by atoms with Gasteiger partial charge in [0.25, 0.3) is 0 Å². The molecule has 1 aliphatic heterocycles. The van der Waals surface area contributed by atoms with Crippen molar-refractivity contribution in [2.24, 2.45) is 5.41 Å². The molecular weight excluding hydrogens is 255 g/mol. The molecule has 1 aromatic heterocycles. The standard InChI is InChI=1S/C16H19FN2O/c1-16(2,3)15-19(4)9-14(20-15)12-8-18-13-6-5-10(17)7-11(12)13/h5-9,15,18H,1-4H3. The van der Waals surface area contributed by atoms with Gasteiger partial charge in [0.05, 0.1) is 0 Å². The van der Waals surface area contributed by atoms with Crippen LogP contribution < -0.4 is 0 Å². The summed E-state index contributed by atoms with van der Waals surface area (Å²) >= 11 is 0. The molecule has 1 aromatic carbocycles. The van der Waals surface area contributed by atoms with Gasteiger partial charge in [-0.2, -0.15) is 0 Å². The number of rotatable bonds is 1. The summed E-state index contributed by atoms with van der Waals surface area (Å²) in [4.78, 5) is 5.22. The van der Waals surface area contributed by atoms with Crippen LogP contribution in [0.4, 0.5) is 4.39 Å². The van der Waals surface area contributed by atoms with Crippen LogP contribution in [-0.4, -0.2) is 23.2 Å². The van der Waals surface area contributed by atoms with Crippen molar-refractivity contribution < 1.29 is 9.13 Å². The monoisotopic (exact) mass is 274 g/mol. The van der Waals surface area contributed by atoms with E-state index in [0.717, 1.165) is 22.2 Å². The maximum absolute atomic E-state index is 13.4. The first kappa shape index (κ1) is 13.0. The third kappa shape index (κ3) is 2.05. The number of nitrogens with one attached hydrogen (secondary N) is 1. The van der Waals surface area contributed by atoms with Gasteiger partial charge >= 0.3 is 0 Å². The molecule has 1 atom stereocenters. The lowest BCUT2D eigenvalue weighted by Crippen LogP contribution is -2.36. The number of ether oxygens (including phenoxy) is 1. The number of aromatic nitrogens is 1. The molecule has 0 radical (unpaired) electrons. The number of halogens is 1. The Hall–Kier alpha value is -1.97. The summed E-state index contributed by atoms with van der Waals surface area (Å²) in [6, 6.07) is 4.74. The van der Waals surface area contributed by atoms with E-state index >= 15 is 0 Å². The zero-order chi connectivity index (χ0) is 14.5. The first-order chi connectivity index (χ1) is 9.36. The van der Waals surface area contributed by atoms with Gasteiger partial charge in [0, 0.05) is 41.3 Å². The Labute approximate surface area is 118 Å². The quantitative estimate of drug-likeness (QED) is 0.853. The minimum atomic E-state index is -0.238. The van der Waals surface area contributed by atoms with Crippen LogP contribution >= 0.6 is 0 Å². The molecule has 4 heteroatoms. The maximum Gasteiger partial charge on any atom is 0.176 e. The molecule has 2 aromatic rings. The van der Waals surface area contributed by atoms with Crippen LogP contribution in [0, 0.1) is 11.2 Å². The lowest BCUT2D eigenvalue weighted by atomic mass is 9.94. The summed E-state index contributed by atoms with van der Waals surface area (Å²) in [6.07, 6.45) is 3.83. The van der Waals surface area contributed by atoms with Crippen molar-refractivity contribution in [1.29, 1.82) is 0 Å². The van der Waals surface area contributed by atoms with E-state index in [2.05, 4.69) is 30.7 Å². The smallest absolute Gasteiger partial charge is 0.176 e. The first-order valence-electron chi connectivity index (χ1n) is 6.74. The highest BCUT2D eigenvalue weighted by molar-refractivity contribution is 5.91. The zero-order valence-electron chi connectivity index (χ0n) is 12.2. The van der Waals surface area contributed by atoms with Crippen molar-refractivity contribution in [3.05, 3.63) is 42.0 Å². The number of hydrogen-bond acceptors (Lipinski definition) is 2. The minimum absolute atomic E-state index is 0.00433. The van der Waals surface area contributed by atoms with E-state index in [-0.39, 0.29) is 17.5 Å². The highest BCUT2D eigenvalue weighted by Gasteiger charge is 2.35. The van der Waals surface area contributed by atoms with Gasteiger partial charge in [-0.05, 0) is 18.2 Å². The SMILES string of the molecule is CN1C=C(c2c[nH]c3ccc(F)cc23)OC1C(C)(C)C. The average molecular weight is 274 g/mol. The maximum atomic E-state index is 13.4. The van der Waals surface area contributed by atoms with Crippen molar-refractivity contribution in [2.45, 2.75) is 27.0 Å². The van der Waals surface area contributed by atoms with Gasteiger partial charge in [-0.25, -0.2) is 4.39 Å². The van der Waals surface area contributed by atoms with Crippen LogP contribution in [-0.2, 0) is 4.74 Å². The van der Waals surface area contributed by atoms with E-state index in [9.17, 15) is 4.39 Å². The van der Waals surface area contributed by atoms with Crippen LogP contribution in [0.25, 0.3) is 16.7 Å². The number of benzene rings is 1. The molecule has 0 saturated heterocycles. The zero-order valence-corrected chi connectivity index (χ0v) is 12.2. The topological polar surface area (TPSA) is 28.3 Å². The van der Waals surface area contributed by atoms with Crippen molar-refractivity contribution in [2.75, 3.05) is 7.05 Å². The summed E-state index contributed by atoms with van der Waals surface area (Å²) in [7, 11) is 2.00. The van der Waals surface area contributed by atoms with Gasteiger partial charge in [-0.1, -0.05) is 20.8 Å². The van der Waals surface area contributed by atoms with Crippen molar-refractivity contribution in [1.82, 2.24) is 9.88 Å². The van der Waals surface area contributed by atoms with Crippen molar-refractivity contribution in [3.63, 3.8) is 0 Å². The summed E-state index contributed by atoms with van der Waals surface area (Å²) in [5, 5.41) is 0.846. The summed E-state index contributed by atoms with van der Waals surface area (Å²) in [5.74, 6) is 0.543. The van der Waals surface area contributed by atoms with Crippen LogP contribution in [0.15, 0.2) is 30.6 Å². The number of hydrogen-bond donors (Lipinski definition) is 1. The van der Waals surface area contributed by atoms with Crippen LogP contribution in [0.5, 0.6) is 0 Å². The molecule has 0 spiro atoms. The van der Waals surface area contributed by atoms with Crippen molar-refractivity contribution >= 4 is 16.7 Å². The number of fused-ring (bicyclic) bond motifs is 1. The number of aromatic amines is 1. The summed E-state index contributed by atoms with van der Waals surface area (Å²) < 4.78 is 19.5. The van der Waals surface area contributed by atoms with Crippen molar-refractivity contribution in [3.8, 4) is 0 Å². The highest BCUT2D eigenvalue weighted by atomic mass is 19.1. The second-order valence-corrected chi connectivity index (χ2v) is 6.39. The van der Waals surface area contributed by atoms with E-state index in [4.69, 9.17) is 4.74 Å². The predicted molar refractivity (Wildman–Crippen MR) is 78.3 cm³/mol. The normalized spacial score (nSPS) is 19.4.